The fraction of sp³-hybridized carbons (Fsp3) is 0.571. The zero-order valence-electron chi connectivity index (χ0n) is 10.0. The maximum atomic E-state index is 3.38. The maximum Gasteiger partial charge on any atom is 0.0162 e. The van der Waals surface area contributed by atoms with E-state index in [0.717, 1.165) is 12.3 Å². The summed E-state index contributed by atoms with van der Waals surface area (Å²) < 4.78 is 0. The molecule has 1 aromatic carbocycles. The van der Waals surface area contributed by atoms with Crippen LogP contribution in [0.5, 0.6) is 0 Å². The van der Waals surface area contributed by atoms with Crippen molar-refractivity contribution in [2.75, 3.05) is 7.05 Å². The quantitative estimate of drug-likeness (QED) is 0.793. The van der Waals surface area contributed by atoms with Crippen LogP contribution in [0.15, 0.2) is 24.3 Å². The van der Waals surface area contributed by atoms with Gasteiger partial charge in [-0.3, -0.25) is 0 Å². The highest BCUT2D eigenvalue weighted by atomic mass is 14.9. The zero-order chi connectivity index (χ0) is 10.9. The fourth-order valence-electron chi connectivity index (χ4n) is 2.05. The third-order valence-electron chi connectivity index (χ3n) is 3.38. The monoisotopic (exact) mass is 203 g/mol. The molecule has 1 aliphatic rings. The molecule has 82 valence electrons. The summed E-state index contributed by atoms with van der Waals surface area (Å²) in [5.74, 6) is 0.855. The lowest BCUT2D eigenvalue weighted by Crippen LogP contribution is -2.38. The molecule has 0 aliphatic heterocycles. The Hall–Kier alpha value is -0.820. The molecule has 0 bridgehead atoms. The molecule has 2 rings (SSSR count). The summed E-state index contributed by atoms with van der Waals surface area (Å²) in [6.07, 6.45) is 3.89. The minimum absolute atomic E-state index is 0.199. The predicted molar refractivity (Wildman–Crippen MR) is 65.3 cm³/mol. The Morgan fingerprint density at radius 3 is 2.53 bits per heavy atom. The highest BCUT2D eigenvalue weighted by molar-refractivity contribution is 5.34. The van der Waals surface area contributed by atoms with Crippen molar-refractivity contribution >= 4 is 0 Å². The molecular formula is C14H21N. The number of nitrogens with one attached hydrogen (secondary N) is 1. The van der Waals surface area contributed by atoms with Crippen molar-refractivity contribution < 1.29 is 0 Å². The summed E-state index contributed by atoms with van der Waals surface area (Å²) in [6, 6.07) is 8.92. The molecule has 0 atom stereocenters. The van der Waals surface area contributed by atoms with Crippen molar-refractivity contribution in [1.82, 2.24) is 5.32 Å². The molecule has 1 fully saturated rings. The largest absolute Gasteiger partial charge is 0.314 e. The number of hydrogen-bond donors (Lipinski definition) is 1. The Labute approximate surface area is 92.9 Å². The standard InChI is InChI=1S/C14H21N/c1-14(2,15-3)10-12-6-4-5-7-13(12)11-8-9-11/h4-7,11,15H,8-10H2,1-3H3. The van der Waals surface area contributed by atoms with Crippen LogP contribution in [0.25, 0.3) is 0 Å². The average molecular weight is 203 g/mol. The first-order chi connectivity index (χ1) is 7.12. The van der Waals surface area contributed by atoms with Crippen molar-refractivity contribution in [3.63, 3.8) is 0 Å². The van der Waals surface area contributed by atoms with Gasteiger partial charge in [0.2, 0.25) is 0 Å². The van der Waals surface area contributed by atoms with Crippen molar-refractivity contribution in [1.29, 1.82) is 0 Å². The number of hydrogen-bond acceptors (Lipinski definition) is 1. The normalized spacial score (nSPS) is 16.7. The summed E-state index contributed by atoms with van der Waals surface area (Å²) >= 11 is 0. The van der Waals surface area contributed by atoms with Crippen LogP contribution >= 0.6 is 0 Å². The first-order valence-electron chi connectivity index (χ1n) is 5.89. The summed E-state index contributed by atoms with van der Waals surface area (Å²) in [7, 11) is 2.04. The molecule has 15 heavy (non-hydrogen) atoms. The van der Waals surface area contributed by atoms with Crippen LogP contribution < -0.4 is 5.32 Å². The molecule has 0 aromatic heterocycles. The van der Waals surface area contributed by atoms with E-state index in [-0.39, 0.29) is 5.54 Å². The average Bonchev–Trinajstić information content (AvgIpc) is 3.02. The molecule has 0 radical (unpaired) electrons. The van der Waals surface area contributed by atoms with Gasteiger partial charge >= 0.3 is 0 Å². The molecule has 0 saturated heterocycles. The Balaban J connectivity index is 2.20. The lowest BCUT2D eigenvalue weighted by atomic mass is 9.91. The van der Waals surface area contributed by atoms with E-state index in [1.54, 1.807) is 5.56 Å². The van der Waals surface area contributed by atoms with Crippen LogP contribution in [0.2, 0.25) is 0 Å². The van der Waals surface area contributed by atoms with Gasteiger partial charge in [0.25, 0.3) is 0 Å². The Morgan fingerprint density at radius 2 is 1.93 bits per heavy atom. The highest BCUT2D eigenvalue weighted by Gasteiger charge is 2.27. The molecule has 0 amide bonds. The highest BCUT2D eigenvalue weighted by Crippen LogP contribution is 2.42. The van der Waals surface area contributed by atoms with E-state index in [1.165, 1.54) is 18.4 Å². The summed E-state index contributed by atoms with van der Waals surface area (Å²) in [5, 5.41) is 3.38. The SMILES string of the molecule is CNC(C)(C)Cc1ccccc1C1CC1. The van der Waals surface area contributed by atoms with Crippen LogP contribution in [0.1, 0.15) is 43.7 Å². The Bertz CT molecular complexity index is 337. The van der Waals surface area contributed by atoms with Crippen LogP contribution in [0.3, 0.4) is 0 Å². The van der Waals surface area contributed by atoms with Gasteiger partial charge in [-0.2, -0.15) is 0 Å². The molecule has 1 heteroatoms. The molecule has 1 aromatic rings. The van der Waals surface area contributed by atoms with E-state index in [1.807, 2.05) is 7.05 Å². The number of likely N-dealkylation sites (N-methyl/N-ethyl adjacent to an activating group) is 1. The van der Waals surface area contributed by atoms with Crippen molar-refractivity contribution in [2.24, 2.45) is 0 Å². The van der Waals surface area contributed by atoms with Gasteiger partial charge in [-0.15, -0.1) is 0 Å². The second kappa shape index (κ2) is 3.97. The predicted octanol–water partition coefficient (Wildman–Crippen LogP) is 3.10. The first kappa shape index (κ1) is 10.7. The molecule has 1 nitrogen and oxygen atoms in total. The van der Waals surface area contributed by atoms with E-state index in [4.69, 9.17) is 0 Å². The lowest BCUT2D eigenvalue weighted by Gasteiger charge is -2.25. The Morgan fingerprint density at radius 1 is 1.27 bits per heavy atom. The number of benzene rings is 1. The Kier molecular flexibility index (Phi) is 2.83. The lowest BCUT2D eigenvalue weighted by molar-refractivity contribution is 0.421. The van der Waals surface area contributed by atoms with Crippen LogP contribution in [-0.2, 0) is 6.42 Å². The van der Waals surface area contributed by atoms with Crippen molar-refractivity contribution in [2.45, 2.75) is 44.6 Å². The van der Waals surface area contributed by atoms with Gasteiger partial charge in [0.1, 0.15) is 0 Å². The second-order valence-corrected chi connectivity index (χ2v) is 5.28. The summed E-state index contributed by atoms with van der Waals surface area (Å²) in [6.45, 7) is 4.52. The van der Waals surface area contributed by atoms with E-state index in [2.05, 4.69) is 43.4 Å². The van der Waals surface area contributed by atoms with Gasteiger partial charge < -0.3 is 5.32 Å². The van der Waals surface area contributed by atoms with Gasteiger partial charge in [0.05, 0.1) is 0 Å². The zero-order valence-corrected chi connectivity index (χ0v) is 10.0. The van der Waals surface area contributed by atoms with Crippen molar-refractivity contribution in [3.05, 3.63) is 35.4 Å². The number of rotatable bonds is 4. The topological polar surface area (TPSA) is 12.0 Å². The van der Waals surface area contributed by atoms with Crippen LogP contribution in [0, 0.1) is 0 Å². The third-order valence-corrected chi connectivity index (χ3v) is 3.38. The smallest absolute Gasteiger partial charge is 0.0162 e. The van der Waals surface area contributed by atoms with E-state index in [9.17, 15) is 0 Å². The second-order valence-electron chi connectivity index (χ2n) is 5.28. The van der Waals surface area contributed by atoms with E-state index >= 15 is 0 Å². The summed E-state index contributed by atoms with van der Waals surface area (Å²) in [5.41, 5.74) is 3.31. The maximum absolute atomic E-state index is 3.38. The molecule has 1 N–H and O–H groups in total. The van der Waals surface area contributed by atoms with Crippen molar-refractivity contribution in [3.8, 4) is 0 Å². The van der Waals surface area contributed by atoms with Crippen LogP contribution in [-0.4, -0.2) is 12.6 Å². The van der Waals surface area contributed by atoms with E-state index in [0.29, 0.717) is 0 Å². The van der Waals surface area contributed by atoms with E-state index < -0.39 is 0 Å². The minimum atomic E-state index is 0.199. The third kappa shape index (κ3) is 2.60. The molecule has 1 saturated carbocycles. The molecule has 0 spiro atoms. The van der Waals surface area contributed by atoms with Gasteiger partial charge in [-0.25, -0.2) is 0 Å². The fourth-order valence-corrected chi connectivity index (χ4v) is 2.05. The van der Waals surface area contributed by atoms with Gasteiger partial charge in [0, 0.05) is 5.54 Å². The molecule has 0 heterocycles. The summed E-state index contributed by atoms with van der Waals surface area (Å²) in [4.78, 5) is 0. The first-order valence-corrected chi connectivity index (χ1v) is 5.89. The van der Waals surface area contributed by atoms with Gasteiger partial charge in [-0.1, -0.05) is 24.3 Å². The minimum Gasteiger partial charge on any atom is -0.314 e. The molecule has 0 unspecified atom stereocenters. The molecular weight excluding hydrogens is 182 g/mol. The van der Waals surface area contributed by atoms with Gasteiger partial charge in [-0.05, 0) is 57.2 Å². The molecule has 1 aliphatic carbocycles. The van der Waals surface area contributed by atoms with Gasteiger partial charge in [0.15, 0.2) is 0 Å². The van der Waals surface area contributed by atoms with Crippen LogP contribution in [0.4, 0.5) is 0 Å².